The Morgan fingerprint density at radius 3 is 2.40 bits per heavy atom. The zero-order chi connectivity index (χ0) is 14.7. The minimum Gasteiger partial charge on any atom is -0.313 e. The van der Waals surface area contributed by atoms with Gasteiger partial charge in [0.1, 0.15) is 5.82 Å². The molecule has 2 rings (SSSR count). The molecule has 1 N–H and O–H groups in total. The van der Waals surface area contributed by atoms with Crippen molar-refractivity contribution in [1.82, 2.24) is 5.32 Å². The molecule has 0 bridgehead atoms. The third-order valence-electron chi connectivity index (χ3n) is 3.35. The van der Waals surface area contributed by atoms with Crippen molar-refractivity contribution >= 4 is 23.2 Å². The van der Waals surface area contributed by atoms with E-state index in [2.05, 4.69) is 5.32 Å². The Kier molecular flexibility index (Phi) is 5.03. The highest BCUT2D eigenvalue weighted by Gasteiger charge is 2.17. The van der Waals surface area contributed by atoms with E-state index in [1.165, 1.54) is 6.07 Å². The standard InChI is InChI=1S/C16H16Cl2FN/c1-10-6-7-15(19)12(8-10)16(20-2)9-11-13(17)4-3-5-14(11)18/h3-8,16,20H,9H2,1-2H3. The van der Waals surface area contributed by atoms with Crippen LogP contribution in [0.5, 0.6) is 0 Å². The molecule has 0 aliphatic carbocycles. The Morgan fingerprint density at radius 2 is 1.80 bits per heavy atom. The largest absolute Gasteiger partial charge is 0.313 e. The molecule has 4 heteroatoms. The third kappa shape index (κ3) is 3.32. The van der Waals surface area contributed by atoms with Gasteiger partial charge >= 0.3 is 0 Å². The maximum Gasteiger partial charge on any atom is 0.128 e. The first-order valence-electron chi connectivity index (χ1n) is 6.39. The molecule has 1 nitrogen and oxygen atoms in total. The quantitative estimate of drug-likeness (QED) is 0.843. The lowest BCUT2D eigenvalue weighted by Gasteiger charge is -2.19. The first-order chi connectivity index (χ1) is 9.52. The average Bonchev–Trinajstić information content (AvgIpc) is 2.42. The lowest BCUT2D eigenvalue weighted by molar-refractivity contribution is 0.533. The molecule has 0 heterocycles. The van der Waals surface area contributed by atoms with E-state index in [4.69, 9.17) is 23.2 Å². The van der Waals surface area contributed by atoms with Gasteiger partial charge in [0.15, 0.2) is 0 Å². The fourth-order valence-corrected chi connectivity index (χ4v) is 2.78. The molecule has 0 aliphatic rings. The molecule has 0 radical (unpaired) electrons. The van der Waals surface area contributed by atoms with Crippen molar-refractivity contribution in [2.24, 2.45) is 0 Å². The zero-order valence-electron chi connectivity index (χ0n) is 11.4. The molecule has 2 aromatic carbocycles. The lowest BCUT2D eigenvalue weighted by atomic mass is 9.97. The van der Waals surface area contributed by atoms with E-state index < -0.39 is 0 Å². The van der Waals surface area contributed by atoms with Crippen LogP contribution < -0.4 is 5.32 Å². The molecular formula is C16H16Cl2FN. The minimum absolute atomic E-state index is 0.174. The van der Waals surface area contributed by atoms with Crippen LogP contribution in [0.1, 0.15) is 22.7 Å². The Bertz CT molecular complexity index is 593. The van der Waals surface area contributed by atoms with Crippen LogP contribution in [-0.4, -0.2) is 7.05 Å². The zero-order valence-corrected chi connectivity index (χ0v) is 12.9. The number of nitrogens with one attached hydrogen (secondary N) is 1. The predicted octanol–water partition coefficient (Wildman–Crippen LogP) is 4.94. The normalized spacial score (nSPS) is 12.4. The van der Waals surface area contributed by atoms with Gasteiger partial charge in [-0.05, 0) is 44.2 Å². The van der Waals surface area contributed by atoms with Crippen molar-refractivity contribution in [1.29, 1.82) is 0 Å². The Labute approximate surface area is 128 Å². The molecule has 20 heavy (non-hydrogen) atoms. The van der Waals surface area contributed by atoms with E-state index >= 15 is 0 Å². The maximum atomic E-state index is 14.0. The van der Waals surface area contributed by atoms with E-state index in [1.807, 2.05) is 13.0 Å². The summed E-state index contributed by atoms with van der Waals surface area (Å²) in [7, 11) is 1.80. The van der Waals surface area contributed by atoms with E-state index in [0.717, 1.165) is 11.1 Å². The first-order valence-corrected chi connectivity index (χ1v) is 7.14. The van der Waals surface area contributed by atoms with Gasteiger partial charge in [-0.2, -0.15) is 0 Å². The first kappa shape index (κ1) is 15.3. The van der Waals surface area contributed by atoms with Crippen LogP contribution in [0.4, 0.5) is 4.39 Å². The number of likely N-dealkylation sites (N-methyl/N-ethyl adjacent to an activating group) is 1. The molecule has 0 saturated carbocycles. The molecule has 0 spiro atoms. The summed E-state index contributed by atoms with van der Waals surface area (Å²) in [6.07, 6.45) is 0.537. The van der Waals surface area contributed by atoms with Crippen molar-refractivity contribution in [3.8, 4) is 0 Å². The number of hydrogen-bond acceptors (Lipinski definition) is 1. The summed E-state index contributed by atoms with van der Waals surface area (Å²) in [4.78, 5) is 0. The highest BCUT2D eigenvalue weighted by molar-refractivity contribution is 6.36. The highest BCUT2D eigenvalue weighted by Crippen LogP contribution is 2.30. The van der Waals surface area contributed by atoms with Crippen LogP contribution in [0.15, 0.2) is 36.4 Å². The van der Waals surface area contributed by atoms with Gasteiger partial charge in [0.2, 0.25) is 0 Å². The van der Waals surface area contributed by atoms with Gasteiger partial charge < -0.3 is 5.32 Å². The van der Waals surface area contributed by atoms with Crippen molar-refractivity contribution in [2.45, 2.75) is 19.4 Å². The van der Waals surface area contributed by atoms with Gasteiger partial charge in [-0.1, -0.05) is 47.0 Å². The summed E-state index contributed by atoms with van der Waals surface area (Å²) in [5, 5.41) is 4.34. The second-order valence-electron chi connectivity index (χ2n) is 4.77. The van der Waals surface area contributed by atoms with Crippen molar-refractivity contribution in [3.05, 3.63) is 69.0 Å². The van der Waals surface area contributed by atoms with Crippen LogP contribution in [0.25, 0.3) is 0 Å². The molecule has 106 valence electrons. The Morgan fingerprint density at radius 1 is 1.15 bits per heavy atom. The topological polar surface area (TPSA) is 12.0 Å². The Hall–Kier alpha value is -1.09. The minimum atomic E-state index is -0.224. The maximum absolute atomic E-state index is 14.0. The van der Waals surface area contributed by atoms with Crippen LogP contribution >= 0.6 is 23.2 Å². The fraction of sp³-hybridized carbons (Fsp3) is 0.250. The summed E-state index contributed by atoms with van der Waals surface area (Å²) < 4.78 is 14.0. The monoisotopic (exact) mass is 311 g/mol. The fourth-order valence-electron chi connectivity index (χ4n) is 2.23. The number of benzene rings is 2. The van der Waals surface area contributed by atoms with Gasteiger partial charge in [0.05, 0.1) is 0 Å². The molecule has 0 aliphatic heterocycles. The molecule has 0 aromatic heterocycles. The molecule has 1 atom stereocenters. The summed E-state index contributed by atoms with van der Waals surface area (Å²) in [6, 6.07) is 10.3. The van der Waals surface area contributed by atoms with E-state index in [0.29, 0.717) is 22.0 Å². The van der Waals surface area contributed by atoms with Crippen LogP contribution in [-0.2, 0) is 6.42 Å². The number of halogens is 3. The highest BCUT2D eigenvalue weighted by atomic mass is 35.5. The van der Waals surface area contributed by atoms with Crippen molar-refractivity contribution in [2.75, 3.05) is 7.05 Å². The van der Waals surface area contributed by atoms with Crippen molar-refractivity contribution < 1.29 is 4.39 Å². The van der Waals surface area contributed by atoms with Gasteiger partial charge in [-0.3, -0.25) is 0 Å². The van der Waals surface area contributed by atoms with Crippen molar-refractivity contribution in [3.63, 3.8) is 0 Å². The summed E-state index contributed by atoms with van der Waals surface area (Å²) in [5.74, 6) is -0.224. The van der Waals surface area contributed by atoms with Gasteiger partial charge in [0.25, 0.3) is 0 Å². The summed E-state index contributed by atoms with van der Waals surface area (Å²) >= 11 is 12.4. The molecule has 1 unspecified atom stereocenters. The Balaban J connectivity index is 2.36. The second kappa shape index (κ2) is 6.57. The average molecular weight is 312 g/mol. The van der Waals surface area contributed by atoms with E-state index in [9.17, 15) is 4.39 Å². The van der Waals surface area contributed by atoms with Gasteiger partial charge in [-0.15, -0.1) is 0 Å². The van der Waals surface area contributed by atoms with Gasteiger partial charge in [-0.25, -0.2) is 4.39 Å². The van der Waals surface area contributed by atoms with Gasteiger partial charge in [0, 0.05) is 21.7 Å². The molecule has 0 amide bonds. The molecule has 2 aromatic rings. The molecular weight excluding hydrogens is 296 g/mol. The molecule has 0 fully saturated rings. The second-order valence-corrected chi connectivity index (χ2v) is 5.58. The van der Waals surface area contributed by atoms with Crippen LogP contribution in [0, 0.1) is 12.7 Å². The summed E-state index contributed by atoms with van der Waals surface area (Å²) in [5.41, 5.74) is 2.48. The number of hydrogen-bond donors (Lipinski definition) is 1. The smallest absolute Gasteiger partial charge is 0.128 e. The van der Waals surface area contributed by atoms with Crippen LogP contribution in [0.2, 0.25) is 10.0 Å². The summed E-state index contributed by atoms with van der Waals surface area (Å²) in [6.45, 7) is 1.94. The third-order valence-corrected chi connectivity index (χ3v) is 4.05. The van der Waals surface area contributed by atoms with E-state index in [1.54, 1.807) is 31.3 Å². The SMILES string of the molecule is CNC(Cc1c(Cl)cccc1Cl)c1cc(C)ccc1F. The number of rotatable bonds is 4. The molecule has 0 saturated heterocycles. The number of aryl methyl sites for hydroxylation is 1. The van der Waals surface area contributed by atoms with E-state index in [-0.39, 0.29) is 11.9 Å². The van der Waals surface area contributed by atoms with Crippen LogP contribution in [0.3, 0.4) is 0 Å². The predicted molar refractivity (Wildman–Crippen MR) is 83.1 cm³/mol. The lowest BCUT2D eigenvalue weighted by Crippen LogP contribution is -2.20.